The van der Waals surface area contributed by atoms with Gasteiger partial charge in [0, 0.05) is 21.5 Å². The Balaban J connectivity index is 1.75. The first-order valence-corrected chi connectivity index (χ1v) is 9.44. The molecule has 28 heavy (non-hydrogen) atoms. The lowest BCUT2D eigenvalue weighted by Gasteiger charge is -2.07. The summed E-state index contributed by atoms with van der Waals surface area (Å²) in [4.78, 5) is 0. The van der Waals surface area contributed by atoms with E-state index in [1.54, 1.807) is 0 Å². The maximum absolute atomic E-state index is 9.29. The molecule has 0 saturated carbocycles. The number of hydrogen-bond acceptors (Lipinski definition) is 1. The fourth-order valence-corrected chi connectivity index (χ4v) is 4.60. The minimum atomic E-state index is 0.695. The van der Waals surface area contributed by atoms with Crippen LogP contribution < -0.4 is 0 Å². The van der Waals surface area contributed by atoms with Gasteiger partial charge in [-0.1, -0.05) is 48.5 Å². The molecule has 6 rings (SSSR count). The molecule has 6 aromatic rings. The van der Waals surface area contributed by atoms with Crippen molar-refractivity contribution in [2.45, 2.75) is 6.92 Å². The second-order valence-electron chi connectivity index (χ2n) is 7.43. The molecule has 2 heteroatoms. The van der Waals surface area contributed by atoms with Crippen LogP contribution in [0.1, 0.15) is 11.1 Å². The fourth-order valence-electron chi connectivity index (χ4n) is 4.60. The standard InChI is InChI=1S/C26H16N2/c1-16-9-10-17(15-27)13-22(16)18-11-12-25-23(14-18)21-7-4-6-20-19-5-2-3-8-24(19)28(25)26(20)21/h2-14H,1H3. The molecule has 0 unspecified atom stereocenters. The molecule has 0 aliphatic carbocycles. The number of nitriles is 1. The van der Waals surface area contributed by atoms with Gasteiger partial charge in [0.05, 0.1) is 28.2 Å². The monoisotopic (exact) mass is 356 g/mol. The third kappa shape index (κ3) is 1.86. The lowest BCUT2D eigenvalue weighted by Crippen LogP contribution is -1.86. The Morgan fingerprint density at radius 1 is 0.714 bits per heavy atom. The van der Waals surface area contributed by atoms with Crippen LogP contribution in [0.15, 0.2) is 78.9 Å². The molecule has 0 amide bonds. The Hall–Kier alpha value is -3.83. The minimum Gasteiger partial charge on any atom is -0.308 e. The van der Waals surface area contributed by atoms with E-state index in [1.807, 2.05) is 18.2 Å². The molecule has 0 aliphatic heterocycles. The van der Waals surface area contributed by atoms with Crippen molar-refractivity contribution >= 4 is 38.1 Å². The summed E-state index contributed by atoms with van der Waals surface area (Å²) in [7, 11) is 0. The summed E-state index contributed by atoms with van der Waals surface area (Å²) < 4.78 is 2.39. The van der Waals surface area contributed by atoms with E-state index in [9.17, 15) is 5.26 Å². The van der Waals surface area contributed by atoms with Crippen molar-refractivity contribution in [3.8, 4) is 17.2 Å². The Labute approximate surface area is 162 Å². The van der Waals surface area contributed by atoms with E-state index in [4.69, 9.17) is 0 Å². The molecular formula is C26H16N2. The van der Waals surface area contributed by atoms with Crippen LogP contribution in [0.5, 0.6) is 0 Å². The third-order valence-corrected chi connectivity index (χ3v) is 5.90. The Bertz CT molecular complexity index is 1580. The largest absolute Gasteiger partial charge is 0.308 e. The minimum absolute atomic E-state index is 0.695. The highest BCUT2D eigenvalue weighted by Gasteiger charge is 2.17. The van der Waals surface area contributed by atoms with Gasteiger partial charge in [-0.05, 0) is 53.9 Å². The van der Waals surface area contributed by atoms with Gasteiger partial charge in [0.15, 0.2) is 0 Å². The molecule has 0 atom stereocenters. The van der Waals surface area contributed by atoms with Crippen molar-refractivity contribution in [1.82, 2.24) is 4.40 Å². The van der Waals surface area contributed by atoms with E-state index < -0.39 is 0 Å². The summed E-state index contributed by atoms with van der Waals surface area (Å²) in [6.07, 6.45) is 0. The number of aromatic nitrogens is 1. The lowest BCUT2D eigenvalue weighted by atomic mass is 9.96. The predicted octanol–water partition coefficient (Wildman–Crippen LogP) is 6.68. The van der Waals surface area contributed by atoms with Crippen LogP contribution in [0.2, 0.25) is 0 Å². The maximum atomic E-state index is 9.29. The topological polar surface area (TPSA) is 28.2 Å². The van der Waals surface area contributed by atoms with Gasteiger partial charge in [-0.2, -0.15) is 5.26 Å². The van der Waals surface area contributed by atoms with Crippen molar-refractivity contribution in [2.75, 3.05) is 0 Å². The van der Waals surface area contributed by atoms with Gasteiger partial charge in [0.2, 0.25) is 0 Å². The zero-order valence-electron chi connectivity index (χ0n) is 15.4. The molecule has 0 bridgehead atoms. The molecular weight excluding hydrogens is 340 g/mol. The van der Waals surface area contributed by atoms with E-state index in [2.05, 4.69) is 78.1 Å². The Morgan fingerprint density at radius 2 is 1.46 bits per heavy atom. The highest BCUT2D eigenvalue weighted by Crippen LogP contribution is 2.40. The number of nitrogens with zero attached hydrogens (tertiary/aromatic N) is 2. The first kappa shape index (κ1) is 15.2. The summed E-state index contributed by atoms with van der Waals surface area (Å²) >= 11 is 0. The summed E-state index contributed by atoms with van der Waals surface area (Å²) in [6, 6.07) is 30.0. The average Bonchev–Trinajstić information content (AvgIpc) is 3.26. The third-order valence-electron chi connectivity index (χ3n) is 5.90. The molecule has 0 saturated heterocycles. The van der Waals surface area contributed by atoms with Gasteiger partial charge in [-0.3, -0.25) is 0 Å². The smallest absolute Gasteiger partial charge is 0.0991 e. The van der Waals surface area contributed by atoms with Crippen LogP contribution >= 0.6 is 0 Å². The number of fused-ring (bicyclic) bond motifs is 6. The number of benzene rings is 4. The second kappa shape index (κ2) is 5.34. The zero-order valence-corrected chi connectivity index (χ0v) is 15.4. The normalized spacial score (nSPS) is 11.7. The van der Waals surface area contributed by atoms with Crippen LogP contribution in [0.3, 0.4) is 0 Å². The lowest BCUT2D eigenvalue weighted by molar-refractivity contribution is 1.37. The van der Waals surface area contributed by atoms with E-state index in [1.165, 1.54) is 43.7 Å². The predicted molar refractivity (Wildman–Crippen MR) is 116 cm³/mol. The van der Waals surface area contributed by atoms with Crippen LogP contribution in [-0.2, 0) is 0 Å². The van der Waals surface area contributed by atoms with Gasteiger partial charge in [0.1, 0.15) is 0 Å². The van der Waals surface area contributed by atoms with Crippen LogP contribution in [-0.4, -0.2) is 4.40 Å². The number of aryl methyl sites for hydroxylation is 1. The molecule has 0 N–H and O–H groups in total. The average molecular weight is 356 g/mol. The van der Waals surface area contributed by atoms with Crippen molar-refractivity contribution < 1.29 is 0 Å². The number of hydrogen-bond donors (Lipinski definition) is 0. The quantitative estimate of drug-likeness (QED) is 0.323. The summed E-state index contributed by atoms with van der Waals surface area (Å²) in [6.45, 7) is 2.10. The SMILES string of the molecule is Cc1ccc(C#N)cc1-c1ccc2c(c1)c1cccc3c4ccccc4n2c31. The van der Waals surface area contributed by atoms with Gasteiger partial charge in [0.25, 0.3) is 0 Å². The molecule has 0 fully saturated rings. The van der Waals surface area contributed by atoms with Crippen molar-refractivity contribution in [3.05, 3.63) is 90.0 Å². The van der Waals surface area contributed by atoms with Gasteiger partial charge < -0.3 is 4.40 Å². The molecule has 2 heterocycles. The van der Waals surface area contributed by atoms with E-state index in [0.29, 0.717) is 5.56 Å². The van der Waals surface area contributed by atoms with Gasteiger partial charge >= 0.3 is 0 Å². The van der Waals surface area contributed by atoms with Crippen LogP contribution in [0.25, 0.3) is 49.2 Å². The summed E-state index contributed by atoms with van der Waals surface area (Å²) in [5, 5.41) is 14.4. The maximum Gasteiger partial charge on any atom is 0.0991 e. The Kier molecular flexibility index (Phi) is 2.91. The van der Waals surface area contributed by atoms with Crippen LogP contribution in [0.4, 0.5) is 0 Å². The molecule has 0 radical (unpaired) electrons. The highest BCUT2D eigenvalue weighted by molar-refractivity contribution is 6.23. The second-order valence-corrected chi connectivity index (χ2v) is 7.43. The summed E-state index contributed by atoms with van der Waals surface area (Å²) in [5.74, 6) is 0. The number of rotatable bonds is 1. The fraction of sp³-hybridized carbons (Fsp3) is 0.0385. The Morgan fingerprint density at radius 3 is 2.32 bits per heavy atom. The van der Waals surface area contributed by atoms with Gasteiger partial charge in [-0.15, -0.1) is 0 Å². The van der Waals surface area contributed by atoms with E-state index >= 15 is 0 Å². The molecule has 0 spiro atoms. The first-order chi connectivity index (χ1) is 13.8. The summed E-state index contributed by atoms with van der Waals surface area (Å²) in [5.41, 5.74) is 7.92. The molecule has 2 aromatic heterocycles. The zero-order chi connectivity index (χ0) is 18.8. The first-order valence-electron chi connectivity index (χ1n) is 9.44. The van der Waals surface area contributed by atoms with Crippen molar-refractivity contribution in [3.63, 3.8) is 0 Å². The molecule has 130 valence electrons. The molecule has 0 aliphatic rings. The van der Waals surface area contributed by atoms with E-state index in [-0.39, 0.29) is 0 Å². The van der Waals surface area contributed by atoms with E-state index in [0.717, 1.165) is 11.1 Å². The highest BCUT2D eigenvalue weighted by atomic mass is 14.9. The van der Waals surface area contributed by atoms with Crippen LogP contribution in [0, 0.1) is 18.3 Å². The van der Waals surface area contributed by atoms with Gasteiger partial charge in [-0.25, -0.2) is 0 Å². The van der Waals surface area contributed by atoms with Crippen molar-refractivity contribution in [2.24, 2.45) is 0 Å². The molecule has 4 aromatic carbocycles. The molecule has 2 nitrogen and oxygen atoms in total. The number of para-hydroxylation sites is 2. The van der Waals surface area contributed by atoms with Crippen molar-refractivity contribution in [1.29, 1.82) is 5.26 Å².